The molecule has 3 nitrogen and oxygen atoms in total. The Labute approximate surface area is 127 Å². The molecule has 2 atom stereocenters. The number of aryl methyl sites for hydroxylation is 1. The molecule has 0 amide bonds. The van der Waals surface area contributed by atoms with Gasteiger partial charge in [0, 0.05) is 6.04 Å². The van der Waals surface area contributed by atoms with Gasteiger partial charge in [-0.2, -0.15) is 0 Å². The highest BCUT2D eigenvalue weighted by atomic mass is 15.1. The maximum atomic E-state index is 4.77. The predicted octanol–water partition coefficient (Wildman–Crippen LogP) is 4.07. The quantitative estimate of drug-likeness (QED) is 0.921. The van der Waals surface area contributed by atoms with Crippen molar-refractivity contribution in [3.63, 3.8) is 0 Å². The molecule has 1 N–H and O–H groups in total. The second kappa shape index (κ2) is 5.45. The first-order valence-corrected chi connectivity index (χ1v) is 8.21. The number of rotatable bonds is 3. The molecular weight excluding hydrogens is 258 g/mol. The van der Waals surface area contributed by atoms with E-state index in [1.807, 2.05) is 0 Å². The van der Waals surface area contributed by atoms with Crippen LogP contribution in [-0.2, 0) is 0 Å². The van der Waals surface area contributed by atoms with Crippen molar-refractivity contribution < 1.29 is 0 Å². The maximum Gasteiger partial charge on any atom is 0.107 e. The Morgan fingerprint density at radius 1 is 1.33 bits per heavy atom. The number of aromatic nitrogens is 2. The van der Waals surface area contributed by atoms with E-state index >= 15 is 0 Å². The lowest BCUT2D eigenvalue weighted by molar-refractivity contribution is 0.115. The highest BCUT2D eigenvalue weighted by molar-refractivity contribution is 5.76. The van der Waals surface area contributed by atoms with Gasteiger partial charge in [0.15, 0.2) is 0 Å². The Morgan fingerprint density at radius 3 is 2.86 bits per heavy atom. The van der Waals surface area contributed by atoms with Crippen LogP contribution in [0.15, 0.2) is 24.3 Å². The van der Waals surface area contributed by atoms with Crippen molar-refractivity contribution in [2.75, 3.05) is 6.54 Å². The fraction of sp³-hybridized carbons (Fsp3) is 0.611. The second-order valence-corrected chi connectivity index (χ2v) is 7.00. The van der Waals surface area contributed by atoms with E-state index in [1.54, 1.807) is 0 Å². The molecule has 2 unspecified atom stereocenters. The molecule has 0 bridgehead atoms. The normalized spacial score (nSPS) is 25.3. The van der Waals surface area contributed by atoms with Crippen LogP contribution in [0.25, 0.3) is 11.0 Å². The summed E-state index contributed by atoms with van der Waals surface area (Å²) in [5.74, 6) is 1.14. The van der Waals surface area contributed by atoms with Crippen molar-refractivity contribution in [1.29, 1.82) is 0 Å². The zero-order valence-electron chi connectivity index (χ0n) is 13.7. The van der Waals surface area contributed by atoms with Crippen LogP contribution >= 0.6 is 0 Å². The molecule has 1 fully saturated rings. The summed E-state index contributed by atoms with van der Waals surface area (Å²) in [4.78, 5) is 4.77. The van der Waals surface area contributed by atoms with Crippen LogP contribution in [0, 0.1) is 12.3 Å². The van der Waals surface area contributed by atoms with Crippen LogP contribution in [0.3, 0.4) is 0 Å². The lowest BCUT2D eigenvalue weighted by Crippen LogP contribution is -2.50. The monoisotopic (exact) mass is 285 g/mol. The summed E-state index contributed by atoms with van der Waals surface area (Å²) in [6, 6.07) is 9.53. The molecule has 0 radical (unpaired) electrons. The van der Waals surface area contributed by atoms with Gasteiger partial charge < -0.3 is 9.88 Å². The van der Waals surface area contributed by atoms with E-state index in [0.717, 1.165) is 17.9 Å². The average Bonchev–Trinajstić information content (AvgIpc) is 2.77. The Kier molecular flexibility index (Phi) is 3.78. The number of benzene rings is 1. The number of para-hydroxylation sites is 2. The molecule has 1 heterocycles. The third-order valence-electron chi connectivity index (χ3n) is 5.08. The van der Waals surface area contributed by atoms with Gasteiger partial charge in [-0.15, -0.1) is 0 Å². The van der Waals surface area contributed by atoms with Gasteiger partial charge in [-0.25, -0.2) is 4.98 Å². The van der Waals surface area contributed by atoms with Crippen LogP contribution in [0.4, 0.5) is 0 Å². The molecule has 21 heavy (non-hydrogen) atoms. The van der Waals surface area contributed by atoms with Gasteiger partial charge in [0.05, 0.1) is 17.1 Å². The first kappa shape index (κ1) is 14.6. The minimum atomic E-state index is 0.330. The van der Waals surface area contributed by atoms with Crippen molar-refractivity contribution in [3.05, 3.63) is 30.1 Å². The number of imidazole rings is 1. The second-order valence-electron chi connectivity index (χ2n) is 7.00. The number of hydrogen-bond donors (Lipinski definition) is 1. The van der Waals surface area contributed by atoms with Crippen molar-refractivity contribution in [2.24, 2.45) is 5.41 Å². The molecule has 3 heteroatoms. The van der Waals surface area contributed by atoms with Crippen molar-refractivity contribution >= 4 is 11.0 Å². The van der Waals surface area contributed by atoms with Gasteiger partial charge in [-0.3, -0.25) is 0 Å². The van der Waals surface area contributed by atoms with Gasteiger partial charge in [0.2, 0.25) is 0 Å². The minimum Gasteiger partial charge on any atom is -0.323 e. The molecule has 0 saturated heterocycles. The molecule has 1 aliphatic carbocycles. The minimum absolute atomic E-state index is 0.330. The zero-order valence-corrected chi connectivity index (χ0v) is 13.7. The fourth-order valence-corrected chi connectivity index (χ4v) is 4.10. The summed E-state index contributed by atoms with van der Waals surface area (Å²) in [6.45, 7) is 10.2. The lowest BCUT2D eigenvalue weighted by Gasteiger charge is -2.45. The van der Waals surface area contributed by atoms with Gasteiger partial charge in [0.25, 0.3) is 0 Å². The topological polar surface area (TPSA) is 29.9 Å². The van der Waals surface area contributed by atoms with E-state index in [4.69, 9.17) is 4.98 Å². The molecule has 1 aromatic carbocycles. The van der Waals surface area contributed by atoms with E-state index in [1.165, 1.54) is 24.8 Å². The van der Waals surface area contributed by atoms with Gasteiger partial charge in [-0.1, -0.05) is 39.3 Å². The first-order chi connectivity index (χ1) is 10.0. The zero-order chi connectivity index (χ0) is 15.0. The third-order valence-corrected chi connectivity index (χ3v) is 5.08. The number of fused-ring (bicyclic) bond motifs is 1. The SMILES string of the molecule is CCNC1C(n2c(C)nc3ccccc32)CCCC1(C)C. The van der Waals surface area contributed by atoms with Crippen LogP contribution < -0.4 is 5.32 Å². The predicted molar refractivity (Wildman–Crippen MR) is 88.6 cm³/mol. The Bertz CT molecular complexity index is 626. The van der Waals surface area contributed by atoms with Crippen molar-refractivity contribution in [2.45, 2.75) is 59.0 Å². The van der Waals surface area contributed by atoms with Crippen molar-refractivity contribution in [1.82, 2.24) is 14.9 Å². The van der Waals surface area contributed by atoms with Gasteiger partial charge in [-0.05, 0) is 43.9 Å². The summed E-state index contributed by atoms with van der Waals surface area (Å²) in [5, 5.41) is 3.76. The van der Waals surface area contributed by atoms with Crippen LogP contribution in [0.2, 0.25) is 0 Å². The van der Waals surface area contributed by atoms with Crippen LogP contribution in [-0.4, -0.2) is 22.1 Å². The standard InChI is InChI=1S/C18H27N3/c1-5-19-17-16(11-8-12-18(17,3)4)21-13(2)20-14-9-6-7-10-15(14)21/h6-7,9-10,16-17,19H,5,8,11-12H2,1-4H3. The number of nitrogens with one attached hydrogen (secondary N) is 1. The summed E-state index contributed by atoms with van der Waals surface area (Å²) >= 11 is 0. The Morgan fingerprint density at radius 2 is 2.10 bits per heavy atom. The fourth-order valence-electron chi connectivity index (χ4n) is 4.10. The molecule has 1 saturated carbocycles. The molecule has 1 aliphatic rings. The summed E-state index contributed by atoms with van der Waals surface area (Å²) in [6.07, 6.45) is 3.83. The molecule has 0 aliphatic heterocycles. The molecule has 0 spiro atoms. The van der Waals surface area contributed by atoms with E-state index < -0.39 is 0 Å². The number of hydrogen-bond acceptors (Lipinski definition) is 2. The number of nitrogens with zero attached hydrogens (tertiary/aromatic N) is 2. The molecule has 1 aromatic heterocycles. The summed E-state index contributed by atoms with van der Waals surface area (Å²) < 4.78 is 2.48. The van der Waals surface area contributed by atoms with Crippen LogP contribution in [0.5, 0.6) is 0 Å². The lowest BCUT2D eigenvalue weighted by atomic mass is 9.70. The third kappa shape index (κ3) is 2.48. The highest BCUT2D eigenvalue weighted by Gasteiger charge is 2.40. The van der Waals surface area contributed by atoms with Gasteiger partial charge >= 0.3 is 0 Å². The van der Waals surface area contributed by atoms with E-state index in [-0.39, 0.29) is 0 Å². The Balaban J connectivity index is 2.09. The summed E-state index contributed by atoms with van der Waals surface area (Å²) in [5.41, 5.74) is 2.73. The molecule has 114 valence electrons. The van der Waals surface area contributed by atoms with Gasteiger partial charge in [0.1, 0.15) is 5.82 Å². The maximum absolute atomic E-state index is 4.77. The smallest absolute Gasteiger partial charge is 0.107 e. The summed E-state index contributed by atoms with van der Waals surface area (Å²) in [7, 11) is 0. The largest absolute Gasteiger partial charge is 0.323 e. The van der Waals surface area contributed by atoms with E-state index in [2.05, 4.69) is 61.8 Å². The Hall–Kier alpha value is -1.35. The van der Waals surface area contributed by atoms with E-state index in [9.17, 15) is 0 Å². The first-order valence-electron chi connectivity index (χ1n) is 8.21. The van der Waals surface area contributed by atoms with E-state index in [0.29, 0.717) is 17.5 Å². The average molecular weight is 285 g/mol. The highest BCUT2D eigenvalue weighted by Crippen LogP contribution is 2.42. The molecule has 2 aromatic rings. The molecular formula is C18H27N3. The number of likely N-dealkylation sites (N-methyl/N-ethyl adjacent to an activating group) is 1. The van der Waals surface area contributed by atoms with Crippen molar-refractivity contribution in [3.8, 4) is 0 Å². The molecule has 3 rings (SSSR count). The van der Waals surface area contributed by atoms with Crippen LogP contribution in [0.1, 0.15) is 51.9 Å².